The fourth-order valence-electron chi connectivity index (χ4n) is 3.40. The van der Waals surface area contributed by atoms with Crippen molar-refractivity contribution in [2.75, 3.05) is 6.61 Å². The van der Waals surface area contributed by atoms with Gasteiger partial charge in [0.15, 0.2) is 16.8 Å². The molecular weight excluding hydrogens is 412 g/mol. The van der Waals surface area contributed by atoms with E-state index in [0.29, 0.717) is 5.56 Å². The highest BCUT2D eigenvalue weighted by Crippen LogP contribution is 2.41. The van der Waals surface area contributed by atoms with Crippen LogP contribution in [-0.4, -0.2) is 68.0 Å². The van der Waals surface area contributed by atoms with Crippen molar-refractivity contribution in [3.05, 3.63) is 52.7 Å². The molecule has 2 aromatic carbocycles. The maximum Gasteiger partial charge on any atom is 0.229 e. The number of phenolic OH excluding ortho intramolecular Hbond substituents is 2. The molecule has 0 saturated carbocycles. The lowest BCUT2D eigenvalue weighted by Gasteiger charge is -2.39. The largest absolute Gasteiger partial charge is 0.507 e. The second kappa shape index (κ2) is 8.17. The number of aliphatic hydroxyl groups excluding tert-OH is 4. The fourth-order valence-corrected chi connectivity index (χ4v) is 3.40. The van der Waals surface area contributed by atoms with Crippen molar-refractivity contribution in [3.63, 3.8) is 0 Å². The minimum Gasteiger partial charge on any atom is -0.507 e. The van der Waals surface area contributed by atoms with E-state index in [4.69, 9.17) is 13.9 Å². The van der Waals surface area contributed by atoms with Crippen LogP contribution in [0, 0.1) is 0 Å². The first kappa shape index (κ1) is 21.1. The van der Waals surface area contributed by atoms with Crippen LogP contribution in [0.15, 0.2) is 51.7 Å². The highest BCUT2D eigenvalue weighted by atomic mass is 16.7. The number of benzene rings is 2. The van der Waals surface area contributed by atoms with Crippen LogP contribution in [0.2, 0.25) is 0 Å². The van der Waals surface area contributed by atoms with Crippen LogP contribution in [0.25, 0.3) is 22.3 Å². The van der Waals surface area contributed by atoms with E-state index < -0.39 is 60.0 Å². The Morgan fingerprint density at radius 3 is 2.35 bits per heavy atom. The van der Waals surface area contributed by atoms with E-state index in [0.717, 1.165) is 6.07 Å². The van der Waals surface area contributed by atoms with Gasteiger partial charge in [-0.2, -0.15) is 0 Å². The molecule has 10 nitrogen and oxygen atoms in total. The first-order chi connectivity index (χ1) is 14.8. The molecule has 10 heteroatoms. The van der Waals surface area contributed by atoms with Gasteiger partial charge in [-0.05, 0) is 0 Å². The first-order valence-corrected chi connectivity index (χ1v) is 9.37. The Labute approximate surface area is 174 Å². The Balaban J connectivity index is 1.77. The summed E-state index contributed by atoms with van der Waals surface area (Å²) in [7, 11) is 0. The first-order valence-electron chi connectivity index (χ1n) is 9.37. The number of phenols is 2. The molecule has 0 radical (unpaired) electrons. The van der Waals surface area contributed by atoms with Crippen molar-refractivity contribution < 1.29 is 44.5 Å². The van der Waals surface area contributed by atoms with Gasteiger partial charge in [-0.25, -0.2) is 0 Å². The summed E-state index contributed by atoms with van der Waals surface area (Å²) in [5.41, 5.74) is -0.404. The van der Waals surface area contributed by atoms with Crippen LogP contribution in [0.5, 0.6) is 17.2 Å². The van der Waals surface area contributed by atoms with Crippen molar-refractivity contribution in [3.8, 4) is 28.6 Å². The summed E-state index contributed by atoms with van der Waals surface area (Å²) in [6.07, 6.45) is -7.87. The van der Waals surface area contributed by atoms with Crippen LogP contribution in [0.3, 0.4) is 0 Å². The zero-order valence-corrected chi connectivity index (χ0v) is 16.0. The summed E-state index contributed by atoms with van der Waals surface area (Å²) in [6, 6.07) is 10.7. The van der Waals surface area contributed by atoms with Crippen molar-refractivity contribution in [2.24, 2.45) is 0 Å². The predicted octanol–water partition coefficient (Wildman–Crippen LogP) is 0.0499. The Hall–Kier alpha value is -3.15. The number of ether oxygens (including phenoxy) is 2. The molecule has 0 aliphatic carbocycles. The summed E-state index contributed by atoms with van der Waals surface area (Å²) >= 11 is 0. The lowest BCUT2D eigenvalue weighted by molar-refractivity contribution is -0.277. The smallest absolute Gasteiger partial charge is 0.229 e. The highest BCUT2D eigenvalue weighted by molar-refractivity contribution is 5.91. The quantitative estimate of drug-likeness (QED) is 0.310. The van der Waals surface area contributed by atoms with E-state index in [-0.39, 0.29) is 16.7 Å². The predicted molar refractivity (Wildman–Crippen MR) is 106 cm³/mol. The van der Waals surface area contributed by atoms with E-state index >= 15 is 0 Å². The molecule has 31 heavy (non-hydrogen) atoms. The van der Waals surface area contributed by atoms with Crippen LogP contribution in [0.1, 0.15) is 0 Å². The van der Waals surface area contributed by atoms with Crippen LogP contribution in [0.4, 0.5) is 0 Å². The van der Waals surface area contributed by atoms with E-state index in [1.807, 2.05) is 0 Å². The number of aromatic hydroxyl groups is 2. The minimum absolute atomic E-state index is 0.137. The van der Waals surface area contributed by atoms with Crippen molar-refractivity contribution in [2.45, 2.75) is 30.7 Å². The summed E-state index contributed by atoms with van der Waals surface area (Å²) in [6.45, 7) is -0.672. The van der Waals surface area contributed by atoms with E-state index in [2.05, 4.69) is 0 Å². The summed E-state index contributed by atoms with van der Waals surface area (Å²) in [5.74, 6) is -1.49. The van der Waals surface area contributed by atoms with Crippen LogP contribution in [-0.2, 0) is 4.74 Å². The number of hydrogen-bond acceptors (Lipinski definition) is 10. The van der Waals surface area contributed by atoms with Gasteiger partial charge in [0.2, 0.25) is 12.0 Å². The molecule has 1 fully saturated rings. The van der Waals surface area contributed by atoms with Gasteiger partial charge in [-0.3, -0.25) is 4.79 Å². The molecule has 0 unspecified atom stereocenters. The van der Waals surface area contributed by atoms with Crippen molar-refractivity contribution in [1.82, 2.24) is 0 Å². The normalized spacial score (nSPS) is 26.1. The standard InChI is InChI=1S/C21H20O10/c22-8-14-16(25)18(27)19(28)21(31-14)30-13-7-11(24)15-10(23)6-12(29-20(15)17(13)26)9-4-2-1-3-5-9/h1-7,14,16,18-19,21-22,24-28H,8H2/t14-,16-,18+,19-,21-/m1/s1. The minimum atomic E-state index is -1.74. The monoisotopic (exact) mass is 432 g/mol. The third kappa shape index (κ3) is 3.71. The maximum absolute atomic E-state index is 12.5. The fraction of sp³-hybridized carbons (Fsp3) is 0.286. The molecule has 1 aliphatic heterocycles. The van der Waals surface area contributed by atoms with E-state index in [1.54, 1.807) is 30.3 Å². The Kier molecular flexibility index (Phi) is 5.56. The van der Waals surface area contributed by atoms with Crippen LogP contribution < -0.4 is 10.2 Å². The lowest BCUT2D eigenvalue weighted by atomic mass is 9.99. The summed E-state index contributed by atoms with van der Waals surface area (Å²) < 4.78 is 16.3. The van der Waals surface area contributed by atoms with Crippen molar-refractivity contribution in [1.29, 1.82) is 0 Å². The Bertz CT molecular complexity index is 1140. The SMILES string of the molecule is O=c1cc(-c2ccccc2)oc2c(O)c(O[C@@H]3O[C@H](CO)[C@@H](O)[C@H](O)[C@H]3O)cc(O)c12. The molecule has 1 aromatic heterocycles. The molecule has 0 bridgehead atoms. The average molecular weight is 432 g/mol. The van der Waals surface area contributed by atoms with Crippen LogP contribution >= 0.6 is 0 Å². The second-order valence-corrected chi connectivity index (χ2v) is 7.10. The van der Waals surface area contributed by atoms with Gasteiger partial charge in [-0.1, -0.05) is 30.3 Å². The van der Waals surface area contributed by atoms with Gasteiger partial charge in [0.05, 0.1) is 6.61 Å². The zero-order valence-electron chi connectivity index (χ0n) is 16.0. The average Bonchev–Trinajstić information content (AvgIpc) is 2.77. The molecule has 1 aliphatic rings. The third-order valence-corrected chi connectivity index (χ3v) is 5.07. The van der Waals surface area contributed by atoms with Gasteiger partial charge in [0, 0.05) is 17.7 Å². The van der Waals surface area contributed by atoms with Gasteiger partial charge in [0.25, 0.3) is 0 Å². The second-order valence-electron chi connectivity index (χ2n) is 7.10. The van der Waals surface area contributed by atoms with E-state index in [9.17, 15) is 35.4 Å². The van der Waals surface area contributed by atoms with Gasteiger partial charge >= 0.3 is 0 Å². The summed E-state index contributed by atoms with van der Waals surface area (Å²) in [4.78, 5) is 12.5. The molecular formula is C21H20O10. The zero-order chi connectivity index (χ0) is 22.3. The number of rotatable bonds is 4. The number of aliphatic hydroxyl groups is 4. The molecule has 3 aromatic rings. The lowest BCUT2D eigenvalue weighted by Crippen LogP contribution is -2.60. The highest BCUT2D eigenvalue weighted by Gasteiger charge is 2.45. The van der Waals surface area contributed by atoms with Crippen molar-refractivity contribution >= 4 is 11.0 Å². The molecule has 0 amide bonds. The third-order valence-electron chi connectivity index (χ3n) is 5.07. The molecule has 4 rings (SSSR count). The van der Waals surface area contributed by atoms with Gasteiger partial charge in [0.1, 0.15) is 41.3 Å². The molecule has 1 saturated heterocycles. The molecule has 0 spiro atoms. The summed E-state index contributed by atoms with van der Waals surface area (Å²) in [5, 5.41) is 59.9. The maximum atomic E-state index is 12.5. The molecule has 5 atom stereocenters. The number of hydrogen-bond donors (Lipinski definition) is 6. The number of fused-ring (bicyclic) bond motifs is 1. The van der Waals surface area contributed by atoms with Gasteiger partial charge < -0.3 is 44.5 Å². The van der Waals surface area contributed by atoms with E-state index in [1.165, 1.54) is 6.07 Å². The molecule has 2 heterocycles. The molecule has 164 valence electrons. The Morgan fingerprint density at radius 1 is 0.968 bits per heavy atom. The van der Waals surface area contributed by atoms with Gasteiger partial charge in [-0.15, -0.1) is 0 Å². The molecule has 6 N–H and O–H groups in total. The Morgan fingerprint density at radius 2 is 1.68 bits per heavy atom. The topological polar surface area (TPSA) is 170 Å².